The lowest BCUT2D eigenvalue weighted by Crippen LogP contribution is -2.43. The lowest BCUT2D eigenvalue weighted by molar-refractivity contribution is 0.0915. The van der Waals surface area contributed by atoms with Crippen LogP contribution in [-0.4, -0.2) is 39.6 Å². The smallest absolute Gasteiger partial charge is 0.253 e. The van der Waals surface area contributed by atoms with Gasteiger partial charge in [-0.1, -0.05) is 0 Å². The Morgan fingerprint density at radius 1 is 1.17 bits per heavy atom. The number of carbonyl (C=O) groups excluding carboxylic acids is 1. The number of fused-ring (bicyclic) bond motifs is 1. The van der Waals surface area contributed by atoms with Gasteiger partial charge in [-0.2, -0.15) is 0 Å². The van der Waals surface area contributed by atoms with E-state index >= 15 is 0 Å². The Kier molecular flexibility index (Phi) is 5.37. The summed E-state index contributed by atoms with van der Waals surface area (Å²) in [7, 11) is 0. The fourth-order valence-electron chi connectivity index (χ4n) is 3.40. The van der Waals surface area contributed by atoms with Gasteiger partial charge in [0, 0.05) is 47.9 Å². The van der Waals surface area contributed by atoms with Crippen LogP contribution in [-0.2, 0) is 6.42 Å². The highest BCUT2D eigenvalue weighted by molar-refractivity contribution is 5.94. The van der Waals surface area contributed by atoms with Crippen LogP contribution in [0.3, 0.4) is 0 Å². The monoisotopic (exact) mass is 390 g/mol. The molecule has 0 unspecified atom stereocenters. The van der Waals surface area contributed by atoms with E-state index in [4.69, 9.17) is 9.47 Å². The summed E-state index contributed by atoms with van der Waals surface area (Å²) in [5.74, 6) is 1.36. The molecule has 7 heteroatoms. The number of rotatable bonds is 5. The zero-order chi connectivity index (χ0) is 20.2. The summed E-state index contributed by atoms with van der Waals surface area (Å²) in [5.41, 5.74) is 3.24. The Morgan fingerprint density at radius 3 is 2.72 bits per heavy atom. The van der Waals surface area contributed by atoms with Crippen molar-refractivity contribution < 1.29 is 14.3 Å². The van der Waals surface area contributed by atoms with Gasteiger partial charge >= 0.3 is 0 Å². The van der Waals surface area contributed by atoms with Crippen molar-refractivity contribution >= 4 is 5.91 Å². The molecule has 7 nitrogen and oxygen atoms in total. The van der Waals surface area contributed by atoms with Crippen molar-refractivity contribution in [1.29, 1.82) is 0 Å². The molecule has 0 fully saturated rings. The van der Waals surface area contributed by atoms with Crippen LogP contribution >= 0.6 is 0 Å². The van der Waals surface area contributed by atoms with Gasteiger partial charge in [-0.15, -0.1) is 0 Å². The minimum absolute atomic E-state index is 0.0158. The summed E-state index contributed by atoms with van der Waals surface area (Å²) in [6.45, 7) is 4.37. The Balaban J connectivity index is 1.66. The molecule has 1 amide bonds. The second-order valence-electron chi connectivity index (χ2n) is 7.14. The Morgan fingerprint density at radius 2 is 2.00 bits per heavy atom. The molecule has 148 valence electrons. The average Bonchev–Trinajstić information content (AvgIpc) is 2.74. The number of carbonyl (C=O) groups is 1. The molecule has 1 aliphatic rings. The molecule has 0 spiro atoms. The largest absolute Gasteiger partial charge is 0.491 e. The van der Waals surface area contributed by atoms with E-state index in [-0.39, 0.29) is 18.1 Å². The van der Waals surface area contributed by atoms with Gasteiger partial charge in [-0.05, 0) is 38.1 Å². The summed E-state index contributed by atoms with van der Waals surface area (Å²) >= 11 is 0. The summed E-state index contributed by atoms with van der Waals surface area (Å²) in [4.78, 5) is 24.9. The highest BCUT2D eigenvalue weighted by Gasteiger charge is 2.27. The summed E-state index contributed by atoms with van der Waals surface area (Å²) in [5, 5.41) is 3.04. The van der Waals surface area contributed by atoms with Crippen molar-refractivity contribution in [3.05, 3.63) is 66.5 Å². The molecular formula is C22H22N4O3. The minimum Gasteiger partial charge on any atom is -0.491 e. The molecule has 1 aliphatic heterocycles. The van der Waals surface area contributed by atoms with E-state index in [2.05, 4.69) is 20.3 Å². The first-order valence-corrected chi connectivity index (χ1v) is 9.53. The van der Waals surface area contributed by atoms with Crippen molar-refractivity contribution in [1.82, 2.24) is 20.3 Å². The van der Waals surface area contributed by atoms with E-state index in [1.54, 1.807) is 36.9 Å². The molecule has 1 aromatic carbocycles. The Bertz CT molecular complexity index is 994. The first-order valence-electron chi connectivity index (χ1n) is 9.53. The van der Waals surface area contributed by atoms with Crippen LogP contribution in [0, 0.1) is 0 Å². The molecule has 0 saturated carbocycles. The Labute approximate surface area is 169 Å². The summed E-state index contributed by atoms with van der Waals surface area (Å²) < 4.78 is 12.0. The third-order valence-corrected chi connectivity index (χ3v) is 4.59. The van der Waals surface area contributed by atoms with Gasteiger partial charge in [0.25, 0.3) is 5.91 Å². The van der Waals surface area contributed by atoms with Crippen LogP contribution in [0.5, 0.6) is 11.5 Å². The first kappa shape index (κ1) is 18.9. The van der Waals surface area contributed by atoms with E-state index in [0.29, 0.717) is 18.6 Å². The Hall–Kier alpha value is -3.48. The molecule has 3 aromatic rings. The van der Waals surface area contributed by atoms with Crippen molar-refractivity contribution in [2.45, 2.75) is 32.4 Å². The van der Waals surface area contributed by atoms with Gasteiger partial charge in [0.1, 0.15) is 24.4 Å². The van der Waals surface area contributed by atoms with Crippen molar-refractivity contribution in [3.8, 4) is 22.6 Å². The molecule has 0 saturated heterocycles. The summed E-state index contributed by atoms with van der Waals surface area (Å²) in [6, 6.07) is 7.13. The van der Waals surface area contributed by atoms with E-state index in [1.807, 2.05) is 26.0 Å². The number of nitrogens with zero attached hydrogens (tertiary/aromatic N) is 3. The third-order valence-electron chi connectivity index (χ3n) is 4.59. The third kappa shape index (κ3) is 4.18. The predicted octanol–water partition coefficient (Wildman–Crippen LogP) is 3.06. The lowest BCUT2D eigenvalue weighted by atomic mass is 9.93. The number of pyridine rings is 1. The van der Waals surface area contributed by atoms with Crippen LogP contribution in [0.15, 0.2) is 55.4 Å². The van der Waals surface area contributed by atoms with Crippen molar-refractivity contribution in [3.63, 3.8) is 0 Å². The van der Waals surface area contributed by atoms with E-state index in [9.17, 15) is 4.79 Å². The fourth-order valence-corrected chi connectivity index (χ4v) is 3.40. The number of nitrogens with one attached hydrogen (secondary N) is 1. The zero-order valence-corrected chi connectivity index (χ0v) is 16.3. The molecule has 4 rings (SSSR count). The second kappa shape index (κ2) is 8.26. The lowest BCUT2D eigenvalue weighted by Gasteiger charge is -2.29. The molecule has 3 heterocycles. The van der Waals surface area contributed by atoms with Crippen LogP contribution < -0.4 is 14.8 Å². The fraction of sp³-hybridized carbons (Fsp3) is 0.273. The second-order valence-corrected chi connectivity index (χ2v) is 7.14. The van der Waals surface area contributed by atoms with Gasteiger partial charge in [-0.3, -0.25) is 9.78 Å². The molecule has 0 radical (unpaired) electrons. The van der Waals surface area contributed by atoms with Gasteiger partial charge in [-0.25, -0.2) is 9.97 Å². The van der Waals surface area contributed by atoms with Crippen molar-refractivity contribution in [2.24, 2.45) is 0 Å². The number of amides is 1. The number of aromatic nitrogens is 3. The highest BCUT2D eigenvalue weighted by Crippen LogP contribution is 2.41. The molecule has 29 heavy (non-hydrogen) atoms. The van der Waals surface area contributed by atoms with Crippen LogP contribution in [0.1, 0.15) is 29.8 Å². The maximum atomic E-state index is 12.5. The number of ether oxygens (including phenoxy) is 2. The van der Waals surface area contributed by atoms with E-state index < -0.39 is 0 Å². The SMILES string of the molecule is CC(C)Oc1ccc2c(c1-c1cncnc1)C[C@H](NC(=O)c1cccnc1)CO2. The van der Waals surface area contributed by atoms with E-state index in [1.165, 1.54) is 6.33 Å². The van der Waals surface area contributed by atoms with Gasteiger partial charge < -0.3 is 14.8 Å². The molecule has 1 N–H and O–H groups in total. The highest BCUT2D eigenvalue weighted by atomic mass is 16.5. The van der Waals surface area contributed by atoms with Crippen LogP contribution in [0.25, 0.3) is 11.1 Å². The maximum Gasteiger partial charge on any atom is 0.253 e. The maximum absolute atomic E-state index is 12.5. The average molecular weight is 390 g/mol. The van der Waals surface area contributed by atoms with Crippen LogP contribution in [0.4, 0.5) is 0 Å². The van der Waals surface area contributed by atoms with E-state index in [0.717, 1.165) is 28.2 Å². The van der Waals surface area contributed by atoms with Crippen molar-refractivity contribution in [2.75, 3.05) is 6.61 Å². The number of benzene rings is 1. The molecule has 0 aliphatic carbocycles. The molecule has 1 atom stereocenters. The van der Waals surface area contributed by atoms with Gasteiger partial charge in [0.15, 0.2) is 0 Å². The standard InChI is InChI=1S/C22H22N4O3/c1-14(2)29-20-6-5-19-18(21(20)16-10-24-13-25-11-16)8-17(12-28-19)26-22(27)15-4-3-7-23-9-15/h3-7,9-11,13-14,17H,8,12H2,1-2H3,(H,26,27)/t17-/m0/s1. The number of hydrogen-bond donors (Lipinski definition) is 1. The predicted molar refractivity (Wildman–Crippen MR) is 108 cm³/mol. The number of hydrogen-bond acceptors (Lipinski definition) is 6. The zero-order valence-electron chi connectivity index (χ0n) is 16.3. The van der Waals surface area contributed by atoms with Gasteiger partial charge in [0.05, 0.1) is 17.7 Å². The van der Waals surface area contributed by atoms with Crippen LogP contribution in [0.2, 0.25) is 0 Å². The molecule has 2 aromatic heterocycles. The topological polar surface area (TPSA) is 86.2 Å². The summed E-state index contributed by atoms with van der Waals surface area (Å²) in [6.07, 6.45) is 8.83. The molecule has 0 bridgehead atoms. The molecular weight excluding hydrogens is 368 g/mol. The minimum atomic E-state index is -0.173. The quantitative estimate of drug-likeness (QED) is 0.721. The van der Waals surface area contributed by atoms with Gasteiger partial charge in [0.2, 0.25) is 0 Å². The first-order chi connectivity index (χ1) is 14.1. The normalized spacial score (nSPS) is 15.3.